The standard InChI is InChI=1S/C19H24ClN3O3S/c1-19(2)9-18-14(10-21-23(18)17-6-4-3-5-16(17)20)11-22(13-19)27(24,25)15-7-8-26-12-15/h3-6,10,15H,7-9,11-13H2,1-2H3. The average Bonchev–Trinajstić information content (AvgIpc) is 3.23. The van der Waals surface area contributed by atoms with Crippen molar-refractivity contribution in [2.24, 2.45) is 5.41 Å². The minimum Gasteiger partial charge on any atom is -0.380 e. The molecule has 27 heavy (non-hydrogen) atoms. The Bertz CT molecular complexity index is 949. The fourth-order valence-electron chi connectivity index (χ4n) is 3.93. The number of hydrogen-bond donors (Lipinski definition) is 0. The van der Waals surface area contributed by atoms with Crippen molar-refractivity contribution in [3.63, 3.8) is 0 Å². The molecule has 0 spiro atoms. The van der Waals surface area contributed by atoms with Crippen molar-refractivity contribution in [3.8, 4) is 5.69 Å². The summed E-state index contributed by atoms with van der Waals surface area (Å²) in [4.78, 5) is 0. The number of aromatic nitrogens is 2. The Hall–Kier alpha value is -1.41. The van der Waals surface area contributed by atoms with Gasteiger partial charge < -0.3 is 4.74 Å². The molecule has 4 rings (SSSR count). The van der Waals surface area contributed by atoms with Gasteiger partial charge in [-0.2, -0.15) is 9.40 Å². The maximum atomic E-state index is 13.2. The maximum Gasteiger partial charge on any atom is 0.219 e. The molecule has 0 bridgehead atoms. The molecule has 0 N–H and O–H groups in total. The van der Waals surface area contributed by atoms with Gasteiger partial charge in [0, 0.05) is 31.0 Å². The number of sulfonamides is 1. The minimum absolute atomic E-state index is 0.225. The number of hydrogen-bond acceptors (Lipinski definition) is 4. The summed E-state index contributed by atoms with van der Waals surface area (Å²) in [6.07, 6.45) is 3.06. The van der Waals surface area contributed by atoms with E-state index in [0.29, 0.717) is 31.1 Å². The van der Waals surface area contributed by atoms with Crippen LogP contribution in [0.1, 0.15) is 31.5 Å². The van der Waals surface area contributed by atoms with Crippen LogP contribution in [0, 0.1) is 5.41 Å². The molecule has 1 unspecified atom stereocenters. The van der Waals surface area contributed by atoms with Gasteiger partial charge >= 0.3 is 0 Å². The number of halogens is 1. The fourth-order valence-corrected chi connectivity index (χ4v) is 6.08. The third-order valence-corrected chi connectivity index (χ3v) is 7.81. The molecule has 0 aliphatic carbocycles. The van der Waals surface area contributed by atoms with Gasteiger partial charge in [0.25, 0.3) is 0 Å². The smallest absolute Gasteiger partial charge is 0.219 e. The number of rotatable bonds is 3. The zero-order valence-corrected chi connectivity index (χ0v) is 17.1. The zero-order chi connectivity index (χ0) is 19.2. The van der Waals surface area contributed by atoms with Crippen LogP contribution in [0.15, 0.2) is 30.5 Å². The molecule has 1 atom stereocenters. The minimum atomic E-state index is -3.42. The van der Waals surface area contributed by atoms with Crippen LogP contribution in [0.3, 0.4) is 0 Å². The number of para-hydroxylation sites is 1. The summed E-state index contributed by atoms with van der Waals surface area (Å²) in [7, 11) is -3.42. The van der Waals surface area contributed by atoms with Gasteiger partial charge in [-0.25, -0.2) is 13.1 Å². The highest BCUT2D eigenvalue weighted by Crippen LogP contribution is 2.35. The number of nitrogens with zero attached hydrogens (tertiary/aromatic N) is 3. The average molecular weight is 410 g/mol. The summed E-state index contributed by atoms with van der Waals surface area (Å²) in [5, 5.41) is 4.71. The van der Waals surface area contributed by atoms with E-state index >= 15 is 0 Å². The molecular formula is C19H24ClN3O3S. The van der Waals surface area contributed by atoms with Gasteiger partial charge in [0.05, 0.1) is 23.5 Å². The summed E-state index contributed by atoms with van der Waals surface area (Å²) >= 11 is 6.38. The van der Waals surface area contributed by atoms with Crippen LogP contribution >= 0.6 is 11.6 Å². The molecule has 3 heterocycles. The third kappa shape index (κ3) is 3.53. The second kappa shape index (κ2) is 6.88. The maximum absolute atomic E-state index is 13.2. The second-order valence-corrected chi connectivity index (χ2v) is 10.7. The summed E-state index contributed by atoms with van der Waals surface area (Å²) in [5.74, 6) is 0. The molecule has 1 saturated heterocycles. The quantitative estimate of drug-likeness (QED) is 0.781. The highest BCUT2D eigenvalue weighted by atomic mass is 35.5. The Morgan fingerprint density at radius 1 is 1.30 bits per heavy atom. The highest BCUT2D eigenvalue weighted by molar-refractivity contribution is 7.89. The van der Waals surface area contributed by atoms with Crippen LogP contribution < -0.4 is 0 Å². The lowest BCUT2D eigenvalue weighted by atomic mass is 9.88. The van der Waals surface area contributed by atoms with Gasteiger partial charge in [0.2, 0.25) is 10.0 Å². The van der Waals surface area contributed by atoms with Crippen LogP contribution in [0.4, 0.5) is 0 Å². The molecule has 2 aliphatic heterocycles. The van der Waals surface area contributed by atoms with Gasteiger partial charge in [0.1, 0.15) is 5.25 Å². The molecule has 2 aromatic rings. The largest absolute Gasteiger partial charge is 0.380 e. The van der Waals surface area contributed by atoms with E-state index in [1.165, 1.54) is 0 Å². The lowest BCUT2D eigenvalue weighted by Gasteiger charge is -2.30. The van der Waals surface area contributed by atoms with E-state index in [1.54, 1.807) is 10.5 Å². The molecule has 1 fully saturated rings. The monoisotopic (exact) mass is 409 g/mol. The highest BCUT2D eigenvalue weighted by Gasteiger charge is 2.40. The first-order chi connectivity index (χ1) is 12.8. The van der Waals surface area contributed by atoms with Gasteiger partial charge in [-0.3, -0.25) is 0 Å². The SMILES string of the molecule is CC1(C)Cc2c(cnn2-c2ccccc2Cl)CN(S(=O)(=O)C2CCOC2)C1. The van der Waals surface area contributed by atoms with Crippen LogP contribution in [-0.2, 0) is 27.7 Å². The third-order valence-electron chi connectivity index (χ3n) is 5.30. The molecule has 2 aliphatic rings. The van der Waals surface area contributed by atoms with Crippen LogP contribution in [-0.4, -0.2) is 47.5 Å². The van der Waals surface area contributed by atoms with E-state index in [-0.39, 0.29) is 12.0 Å². The Morgan fingerprint density at radius 3 is 2.78 bits per heavy atom. The van der Waals surface area contributed by atoms with Crippen molar-refractivity contribution < 1.29 is 13.2 Å². The van der Waals surface area contributed by atoms with Crippen molar-refractivity contribution >= 4 is 21.6 Å². The van der Waals surface area contributed by atoms with E-state index < -0.39 is 15.3 Å². The number of ether oxygens (including phenoxy) is 1. The van der Waals surface area contributed by atoms with E-state index in [4.69, 9.17) is 16.3 Å². The number of fused-ring (bicyclic) bond motifs is 1. The molecule has 8 heteroatoms. The van der Waals surface area contributed by atoms with Crippen molar-refractivity contribution in [1.82, 2.24) is 14.1 Å². The Morgan fingerprint density at radius 2 is 2.07 bits per heavy atom. The molecule has 6 nitrogen and oxygen atoms in total. The molecule has 1 aromatic heterocycles. The first kappa shape index (κ1) is 18.9. The van der Waals surface area contributed by atoms with Gasteiger partial charge in [0.15, 0.2) is 0 Å². The van der Waals surface area contributed by atoms with Gasteiger partial charge in [-0.1, -0.05) is 37.6 Å². The zero-order valence-electron chi connectivity index (χ0n) is 15.6. The molecule has 146 valence electrons. The normalized spacial score (nSPS) is 23.1. The fraction of sp³-hybridized carbons (Fsp3) is 0.526. The molecule has 0 saturated carbocycles. The second-order valence-electron chi connectivity index (χ2n) is 8.12. The molecule has 1 aromatic carbocycles. The topological polar surface area (TPSA) is 64.4 Å². The summed E-state index contributed by atoms with van der Waals surface area (Å²) in [5.41, 5.74) is 2.55. The van der Waals surface area contributed by atoms with E-state index in [9.17, 15) is 8.42 Å². The molecule has 0 amide bonds. The Balaban J connectivity index is 1.75. The van der Waals surface area contributed by atoms with Crippen molar-refractivity contribution in [3.05, 3.63) is 46.7 Å². The first-order valence-electron chi connectivity index (χ1n) is 9.15. The van der Waals surface area contributed by atoms with Crippen molar-refractivity contribution in [1.29, 1.82) is 0 Å². The lowest BCUT2D eigenvalue weighted by molar-refractivity contribution is 0.197. The summed E-state index contributed by atoms with van der Waals surface area (Å²) < 4.78 is 35.1. The van der Waals surface area contributed by atoms with Crippen LogP contribution in [0.25, 0.3) is 5.69 Å². The predicted octanol–water partition coefficient (Wildman–Crippen LogP) is 3.03. The Kier molecular flexibility index (Phi) is 4.83. The summed E-state index contributed by atoms with van der Waals surface area (Å²) in [6.45, 7) is 5.80. The van der Waals surface area contributed by atoms with E-state index in [0.717, 1.165) is 23.4 Å². The van der Waals surface area contributed by atoms with Gasteiger partial charge in [-0.05, 0) is 30.4 Å². The summed E-state index contributed by atoms with van der Waals surface area (Å²) in [6, 6.07) is 7.57. The predicted molar refractivity (Wildman–Crippen MR) is 105 cm³/mol. The Labute approximate surface area is 165 Å². The van der Waals surface area contributed by atoms with Crippen LogP contribution in [0.5, 0.6) is 0 Å². The number of benzene rings is 1. The lowest BCUT2D eigenvalue weighted by Crippen LogP contribution is -2.42. The van der Waals surface area contributed by atoms with E-state index in [2.05, 4.69) is 18.9 Å². The molecule has 0 radical (unpaired) electrons. The van der Waals surface area contributed by atoms with Gasteiger partial charge in [-0.15, -0.1) is 0 Å². The van der Waals surface area contributed by atoms with Crippen LogP contribution in [0.2, 0.25) is 5.02 Å². The molecular weight excluding hydrogens is 386 g/mol. The van der Waals surface area contributed by atoms with Crippen molar-refractivity contribution in [2.45, 2.75) is 38.5 Å². The first-order valence-corrected chi connectivity index (χ1v) is 11.0. The van der Waals surface area contributed by atoms with Crippen molar-refractivity contribution in [2.75, 3.05) is 19.8 Å². The van der Waals surface area contributed by atoms with E-state index in [1.807, 2.05) is 28.9 Å².